The van der Waals surface area contributed by atoms with Crippen LogP contribution in [0.2, 0.25) is 0 Å². The van der Waals surface area contributed by atoms with Crippen LogP contribution in [0.5, 0.6) is 0 Å². The number of carbonyl (C=O) groups excluding carboxylic acids is 1. The van der Waals surface area contributed by atoms with E-state index in [1.54, 1.807) is 0 Å². The molecule has 3 nitrogen and oxygen atoms in total. The summed E-state index contributed by atoms with van der Waals surface area (Å²) in [5.41, 5.74) is 0. The molecule has 1 fully saturated rings. The summed E-state index contributed by atoms with van der Waals surface area (Å²) in [6, 6.07) is 0. The average Bonchev–Trinajstić information content (AvgIpc) is 2.68. The molecule has 0 aliphatic carbocycles. The molecule has 1 rings (SSSR count). The molecule has 1 saturated heterocycles. The lowest BCUT2D eigenvalue weighted by molar-refractivity contribution is -0.127. The quantitative estimate of drug-likeness (QED) is 0.627. The van der Waals surface area contributed by atoms with Crippen molar-refractivity contribution in [3.8, 4) is 12.3 Å². The third-order valence-corrected chi connectivity index (χ3v) is 3.22. The summed E-state index contributed by atoms with van der Waals surface area (Å²) in [5.74, 6) is 3.04. The molecule has 1 amide bonds. The molecule has 1 aliphatic rings. The first-order valence-electron chi connectivity index (χ1n) is 6.67. The van der Waals surface area contributed by atoms with Crippen molar-refractivity contribution in [2.75, 3.05) is 32.7 Å². The maximum atomic E-state index is 11.7. The molecule has 1 unspecified atom stereocenters. The third-order valence-electron chi connectivity index (χ3n) is 3.22. The van der Waals surface area contributed by atoms with E-state index in [0.717, 1.165) is 32.7 Å². The van der Waals surface area contributed by atoms with Crippen molar-refractivity contribution in [2.24, 2.45) is 5.92 Å². The van der Waals surface area contributed by atoms with Gasteiger partial charge in [-0.2, -0.15) is 0 Å². The summed E-state index contributed by atoms with van der Waals surface area (Å²) in [7, 11) is 0. The number of carbonyl (C=O) groups is 1. The maximum Gasteiger partial charge on any atom is 0.223 e. The topological polar surface area (TPSA) is 23.6 Å². The Hall–Kier alpha value is -1.01. The van der Waals surface area contributed by atoms with Gasteiger partial charge >= 0.3 is 0 Å². The van der Waals surface area contributed by atoms with Crippen molar-refractivity contribution < 1.29 is 4.79 Å². The fourth-order valence-corrected chi connectivity index (χ4v) is 2.33. The van der Waals surface area contributed by atoms with Crippen molar-refractivity contribution in [3.05, 3.63) is 0 Å². The summed E-state index contributed by atoms with van der Waals surface area (Å²) < 4.78 is 0. The van der Waals surface area contributed by atoms with Crippen LogP contribution >= 0.6 is 0 Å². The number of terminal acetylenes is 1. The normalized spacial score (nSPS) is 20.0. The van der Waals surface area contributed by atoms with Crippen LogP contribution in [0, 0.1) is 18.3 Å². The zero-order valence-corrected chi connectivity index (χ0v) is 11.1. The van der Waals surface area contributed by atoms with Crippen LogP contribution in [-0.2, 0) is 4.79 Å². The fourth-order valence-electron chi connectivity index (χ4n) is 2.33. The molecule has 0 aromatic heterocycles. The number of hydrogen-bond donors (Lipinski definition) is 0. The van der Waals surface area contributed by atoms with Gasteiger partial charge in [0, 0.05) is 32.0 Å². The third kappa shape index (κ3) is 4.40. The molecule has 3 heteroatoms. The smallest absolute Gasteiger partial charge is 0.223 e. The first-order chi connectivity index (χ1) is 8.21. The Morgan fingerprint density at radius 3 is 2.47 bits per heavy atom. The van der Waals surface area contributed by atoms with Gasteiger partial charge < -0.3 is 9.80 Å². The number of hydrogen-bond acceptors (Lipinski definition) is 2. The maximum absolute atomic E-state index is 11.7. The van der Waals surface area contributed by atoms with Crippen molar-refractivity contribution >= 4 is 5.91 Å². The SMILES string of the molecule is C#CC1CC(=O)N(CCN(CCC)CCC)C1. The van der Waals surface area contributed by atoms with Gasteiger partial charge in [0.25, 0.3) is 0 Å². The summed E-state index contributed by atoms with van der Waals surface area (Å²) in [6.45, 7) is 9.18. The van der Waals surface area contributed by atoms with E-state index >= 15 is 0 Å². The summed E-state index contributed by atoms with van der Waals surface area (Å²) in [4.78, 5) is 16.0. The first-order valence-corrected chi connectivity index (χ1v) is 6.67. The summed E-state index contributed by atoms with van der Waals surface area (Å²) in [6.07, 6.45) is 8.25. The van der Waals surface area contributed by atoms with Crippen LogP contribution < -0.4 is 0 Å². The van der Waals surface area contributed by atoms with Crippen LogP contribution in [0.1, 0.15) is 33.1 Å². The number of amides is 1. The molecule has 1 aliphatic heterocycles. The second-order valence-corrected chi connectivity index (χ2v) is 4.75. The van der Waals surface area contributed by atoms with Gasteiger partial charge in [-0.25, -0.2) is 0 Å². The second-order valence-electron chi connectivity index (χ2n) is 4.75. The van der Waals surface area contributed by atoms with Gasteiger partial charge in [0.1, 0.15) is 0 Å². The lowest BCUT2D eigenvalue weighted by Crippen LogP contribution is -2.36. The van der Waals surface area contributed by atoms with Gasteiger partial charge in [-0.3, -0.25) is 4.79 Å². The van der Waals surface area contributed by atoms with E-state index in [4.69, 9.17) is 6.42 Å². The molecule has 1 heterocycles. The highest BCUT2D eigenvalue weighted by Crippen LogP contribution is 2.16. The zero-order chi connectivity index (χ0) is 12.7. The Balaban J connectivity index is 2.34. The van der Waals surface area contributed by atoms with E-state index in [9.17, 15) is 4.79 Å². The number of nitrogens with zero attached hydrogens (tertiary/aromatic N) is 2. The van der Waals surface area contributed by atoms with Crippen LogP contribution in [-0.4, -0.2) is 48.4 Å². The van der Waals surface area contributed by atoms with Gasteiger partial charge in [-0.1, -0.05) is 13.8 Å². The second kappa shape index (κ2) is 7.34. The fraction of sp³-hybridized carbons (Fsp3) is 0.786. The number of likely N-dealkylation sites (tertiary alicyclic amines) is 1. The van der Waals surface area contributed by atoms with Crippen molar-refractivity contribution in [3.63, 3.8) is 0 Å². The van der Waals surface area contributed by atoms with E-state index < -0.39 is 0 Å². The lowest BCUT2D eigenvalue weighted by Gasteiger charge is -2.24. The average molecular weight is 236 g/mol. The summed E-state index contributed by atoms with van der Waals surface area (Å²) in [5, 5.41) is 0. The molecule has 96 valence electrons. The Labute approximate surface area is 105 Å². The van der Waals surface area contributed by atoms with Gasteiger partial charge in [0.2, 0.25) is 5.91 Å². The highest BCUT2D eigenvalue weighted by molar-refractivity contribution is 5.79. The predicted molar refractivity (Wildman–Crippen MR) is 70.5 cm³/mol. The standard InChI is InChI=1S/C14H24N2O/c1-4-7-15(8-5-2)9-10-16-12-13(6-3)11-14(16)17/h3,13H,4-5,7-12H2,1-2H3. The van der Waals surface area contributed by atoms with Gasteiger partial charge in [0.05, 0.1) is 0 Å². The predicted octanol–water partition coefficient (Wildman–Crippen LogP) is 1.59. The highest BCUT2D eigenvalue weighted by atomic mass is 16.2. The molecular formula is C14H24N2O. The minimum absolute atomic E-state index is 0.133. The van der Waals surface area contributed by atoms with E-state index in [2.05, 4.69) is 24.7 Å². The van der Waals surface area contributed by atoms with Crippen molar-refractivity contribution in [1.82, 2.24) is 9.80 Å². The Morgan fingerprint density at radius 2 is 2.00 bits per heavy atom. The van der Waals surface area contributed by atoms with Gasteiger partial charge in [0.15, 0.2) is 0 Å². The first kappa shape index (κ1) is 14.1. The van der Waals surface area contributed by atoms with Gasteiger partial charge in [-0.15, -0.1) is 12.3 Å². The van der Waals surface area contributed by atoms with E-state index in [1.165, 1.54) is 12.8 Å². The molecule has 0 radical (unpaired) electrons. The molecule has 0 bridgehead atoms. The largest absolute Gasteiger partial charge is 0.340 e. The molecule has 0 aromatic rings. The number of rotatable bonds is 7. The Kier molecular flexibility index (Phi) is 6.07. The molecule has 17 heavy (non-hydrogen) atoms. The van der Waals surface area contributed by atoms with E-state index in [-0.39, 0.29) is 11.8 Å². The van der Waals surface area contributed by atoms with E-state index in [0.29, 0.717) is 6.42 Å². The van der Waals surface area contributed by atoms with Gasteiger partial charge in [-0.05, 0) is 25.9 Å². The Morgan fingerprint density at radius 1 is 1.35 bits per heavy atom. The van der Waals surface area contributed by atoms with Crippen LogP contribution in [0.15, 0.2) is 0 Å². The minimum Gasteiger partial charge on any atom is -0.340 e. The van der Waals surface area contributed by atoms with Crippen LogP contribution in [0.4, 0.5) is 0 Å². The summed E-state index contributed by atoms with van der Waals surface area (Å²) >= 11 is 0. The van der Waals surface area contributed by atoms with Crippen LogP contribution in [0.3, 0.4) is 0 Å². The monoisotopic (exact) mass is 236 g/mol. The molecule has 0 N–H and O–H groups in total. The molecular weight excluding hydrogens is 212 g/mol. The van der Waals surface area contributed by atoms with Crippen molar-refractivity contribution in [1.29, 1.82) is 0 Å². The molecule has 1 atom stereocenters. The molecule has 0 spiro atoms. The molecule has 0 aromatic carbocycles. The lowest BCUT2D eigenvalue weighted by atomic mass is 10.1. The van der Waals surface area contributed by atoms with E-state index in [1.807, 2.05) is 4.90 Å². The molecule has 0 saturated carbocycles. The van der Waals surface area contributed by atoms with Crippen molar-refractivity contribution in [2.45, 2.75) is 33.1 Å². The minimum atomic E-state index is 0.133. The van der Waals surface area contributed by atoms with Crippen LogP contribution in [0.25, 0.3) is 0 Å². The highest BCUT2D eigenvalue weighted by Gasteiger charge is 2.27. The Bertz CT molecular complexity index is 276. The zero-order valence-electron chi connectivity index (χ0n) is 11.1.